The maximum atomic E-state index is 12.2. The SMILES string of the molecule is Cn1ccnc1C(=O)c1cccc(OC2CC2)c1. The Bertz CT molecular complexity index is 585. The smallest absolute Gasteiger partial charge is 0.228 e. The van der Waals surface area contributed by atoms with E-state index in [0.717, 1.165) is 18.6 Å². The Morgan fingerprint density at radius 2 is 2.28 bits per heavy atom. The van der Waals surface area contributed by atoms with Crippen molar-refractivity contribution in [2.45, 2.75) is 18.9 Å². The normalized spacial score (nSPS) is 14.5. The lowest BCUT2D eigenvalue weighted by Gasteiger charge is -2.06. The standard InChI is InChI=1S/C14H14N2O2/c1-16-8-7-15-14(16)13(17)10-3-2-4-12(9-10)18-11-5-6-11/h2-4,7-9,11H,5-6H2,1H3. The molecular weight excluding hydrogens is 228 g/mol. The van der Waals surface area contributed by atoms with Gasteiger partial charge in [-0.05, 0) is 25.0 Å². The van der Waals surface area contributed by atoms with Crippen molar-refractivity contribution in [3.8, 4) is 5.75 Å². The maximum Gasteiger partial charge on any atom is 0.228 e. The molecule has 92 valence electrons. The number of ketones is 1. The molecule has 1 aromatic heterocycles. The van der Waals surface area contributed by atoms with Crippen molar-refractivity contribution in [2.75, 3.05) is 0 Å². The number of rotatable bonds is 4. The molecule has 0 atom stereocenters. The van der Waals surface area contributed by atoms with Crippen molar-refractivity contribution in [3.63, 3.8) is 0 Å². The van der Waals surface area contributed by atoms with E-state index in [4.69, 9.17) is 4.74 Å². The summed E-state index contributed by atoms with van der Waals surface area (Å²) in [6.45, 7) is 0. The second-order valence-electron chi connectivity index (χ2n) is 4.54. The van der Waals surface area contributed by atoms with E-state index in [1.807, 2.05) is 19.2 Å². The number of carbonyl (C=O) groups is 1. The van der Waals surface area contributed by atoms with Crippen molar-refractivity contribution < 1.29 is 9.53 Å². The summed E-state index contributed by atoms with van der Waals surface area (Å²) in [6.07, 6.45) is 5.94. The second-order valence-corrected chi connectivity index (χ2v) is 4.54. The minimum absolute atomic E-state index is 0.0799. The van der Waals surface area contributed by atoms with Gasteiger partial charge < -0.3 is 9.30 Å². The van der Waals surface area contributed by atoms with Crippen molar-refractivity contribution in [1.29, 1.82) is 0 Å². The molecule has 0 amide bonds. The summed E-state index contributed by atoms with van der Waals surface area (Å²) < 4.78 is 7.40. The van der Waals surface area contributed by atoms with E-state index in [1.54, 1.807) is 29.1 Å². The lowest BCUT2D eigenvalue weighted by atomic mass is 10.1. The molecule has 0 unspecified atom stereocenters. The first-order valence-corrected chi connectivity index (χ1v) is 6.03. The summed E-state index contributed by atoms with van der Waals surface area (Å²) in [4.78, 5) is 16.3. The van der Waals surface area contributed by atoms with Crippen LogP contribution in [0.2, 0.25) is 0 Å². The highest BCUT2D eigenvalue weighted by atomic mass is 16.5. The zero-order chi connectivity index (χ0) is 12.5. The van der Waals surface area contributed by atoms with Crippen molar-refractivity contribution >= 4 is 5.78 Å². The Kier molecular flexibility index (Phi) is 2.63. The Labute approximate surface area is 105 Å². The molecule has 0 radical (unpaired) electrons. The van der Waals surface area contributed by atoms with Crippen LogP contribution in [0.4, 0.5) is 0 Å². The van der Waals surface area contributed by atoms with E-state index in [-0.39, 0.29) is 5.78 Å². The number of benzene rings is 1. The fourth-order valence-corrected chi connectivity index (χ4v) is 1.80. The Morgan fingerprint density at radius 1 is 1.44 bits per heavy atom. The highest BCUT2D eigenvalue weighted by Gasteiger charge is 2.24. The van der Waals surface area contributed by atoms with Gasteiger partial charge in [0.2, 0.25) is 5.78 Å². The van der Waals surface area contributed by atoms with Crippen LogP contribution in [0.25, 0.3) is 0 Å². The van der Waals surface area contributed by atoms with Crippen LogP contribution in [-0.2, 0) is 7.05 Å². The number of nitrogens with zero attached hydrogens (tertiary/aromatic N) is 2. The summed E-state index contributed by atoms with van der Waals surface area (Å²) in [5, 5.41) is 0. The van der Waals surface area contributed by atoms with Crippen LogP contribution in [0.15, 0.2) is 36.7 Å². The molecule has 3 rings (SSSR count). The van der Waals surface area contributed by atoms with Crippen LogP contribution in [0.3, 0.4) is 0 Å². The summed E-state index contributed by atoms with van der Waals surface area (Å²) in [6, 6.07) is 7.30. The summed E-state index contributed by atoms with van der Waals surface area (Å²) >= 11 is 0. The predicted octanol–water partition coefficient (Wildman–Crippen LogP) is 2.19. The van der Waals surface area contributed by atoms with E-state index in [1.165, 1.54) is 0 Å². The minimum atomic E-state index is -0.0799. The highest BCUT2D eigenvalue weighted by Crippen LogP contribution is 2.27. The largest absolute Gasteiger partial charge is 0.490 e. The van der Waals surface area contributed by atoms with Crippen LogP contribution in [-0.4, -0.2) is 21.4 Å². The molecule has 0 bridgehead atoms. The van der Waals surface area contributed by atoms with E-state index < -0.39 is 0 Å². The molecule has 1 fully saturated rings. The number of aromatic nitrogens is 2. The number of hydrogen-bond donors (Lipinski definition) is 0. The van der Waals surface area contributed by atoms with Gasteiger partial charge in [-0.2, -0.15) is 0 Å². The molecular formula is C14H14N2O2. The molecule has 0 saturated heterocycles. The zero-order valence-corrected chi connectivity index (χ0v) is 10.2. The molecule has 1 heterocycles. The molecule has 4 heteroatoms. The maximum absolute atomic E-state index is 12.2. The van der Waals surface area contributed by atoms with Crippen LogP contribution in [0.1, 0.15) is 29.0 Å². The highest BCUT2D eigenvalue weighted by molar-refractivity contribution is 6.06. The van der Waals surface area contributed by atoms with E-state index in [9.17, 15) is 4.79 Å². The van der Waals surface area contributed by atoms with Crippen molar-refractivity contribution in [2.24, 2.45) is 7.05 Å². The van der Waals surface area contributed by atoms with Gasteiger partial charge in [0.1, 0.15) is 5.75 Å². The third-order valence-corrected chi connectivity index (χ3v) is 2.95. The van der Waals surface area contributed by atoms with Gasteiger partial charge in [-0.1, -0.05) is 12.1 Å². The van der Waals surface area contributed by atoms with Crippen LogP contribution in [0, 0.1) is 0 Å². The first-order valence-electron chi connectivity index (χ1n) is 6.03. The Balaban J connectivity index is 1.87. The predicted molar refractivity (Wildman–Crippen MR) is 66.7 cm³/mol. The number of imidazole rings is 1. The molecule has 18 heavy (non-hydrogen) atoms. The average molecular weight is 242 g/mol. The van der Waals surface area contributed by atoms with Crippen molar-refractivity contribution in [1.82, 2.24) is 9.55 Å². The Hall–Kier alpha value is -2.10. The quantitative estimate of drug-likeness (QED) is 0.772. The molecule has 0 aliphatic heterocycles. The molecule has 4 nitrogen and oxygen atoms in total. The molecule has 1 aliphatic carbocycles. The van der Waals surface area contributed by atoms with Gasteiger partial charge in [-0.15, -0.1) is 0 Å². The number of carbonyl (C=O) groups excluding carboxylic acids is 1. The van der Waals surface area contributed by atoms with Gasteiger partial charge in [0.25, 0.3) is 0 Å². The van der Waals surface area contributed by atoms with E-state index in [0.29, 0.717) is 17.5 Å². The molecule has 1 aromatic carbocycles. The zero-order valence-electron chi connectivity index (χ0n) is 10.2. The van der Waals surface area contributed by atoms with Crippen LogP contribution in [0.5, 0.6) is 5.75 Å². The summed E-state index contributed by atoms with van der Waals surface area (Å²) in [5.74, 6) is 1.12. The molecule has 2 aromatic rings. The summed E-state index contributed by atoms with van der Waals surface area (Å²) in [7, 11) is 1.81. The fourth-order valence-electron chi connectivity index (χ4n) is 1.80. The van der Waals surface area contributed by atoms with Gasteiger partial charge in [-0.3, -0.25) is 4.79 Å². The average Bonchev–Trinajstić information content (AvgIpc) is 3.08. The second kappa shape index (κ2) is 4.29. The van der Waals surface area contributed by atoms with Crippen LogP contribution >= 0.6 is 0 Å². The first-order chi connectivity index (χ1) is 8.74. The van der Waals surface area contributed by atoms with Gasteiger partial charge >= 0.3 is 0 Å². The minimum Gasteiger partial charge on any atom is -0.490 e. The molecule has 1 aliphatic rings. The lowest BCUT2D eigenvalue weighted by molar-refractivity contribution is 0.102. The van der Waals surface area contributed by atoms with Gasteiger partial charge in [0.05, 0.1) is 6.10 Å². The van der Waals surface area contributed by atoms with Gasteiger partial charge in [0, 0.05) is 25.0 Å². The monoisotopic (exact) mass is 242 g/mol. The molecule has 0 spiro atoms. The third kappa shape index (κ3) is 2.14. The third-order valence-electron chi connectivity index (χ3n) is 2.95. The first kappa shape index (κ1) is 11.0. The topological polar surface area (TPSA) is 44.1 Å². The number of ether oxygens (including phenoxy) is 1. The molecule has 0 N–H and O–H groups in total. The Morgan fingerprint density at radius 3 is 2.94 bits per heavy atom. The molecule has 1 saturated carbocycles. The van der Waals surface area contributed by atoms with E-state index in [2.05, 4.69) is 4.98 Å². The summed E-state index contributed by atoms with van der Waals surface area (Å²) in [5.41, 5.74) is 0.613. The van der Waals surface area contributed by atoms with Gasteiger partial charge in [0.15, 0.2) is 5.82 Å². The van der Waals surface area contributed by atoms with E-state index >= 15 is 0 Å². The fraction of sp³-hybridized carbons (Fsp3) is 0.286. The number of aryl methyl sites for hydroxylation is 1. The van der Waals surface area contributed by atoms with Crippen molar-refractivity contribution in [3.05, 3.63) is 48.0 Å². The lowest BCUT2D eigenvalue weighted by Crippen LogP contribution is -2.09. The van der Waals surface area contributed by atoms with Crippen LogP contribution < -0.4 is 4.74 Å². The van der Waals surface area contributed by atoms with Gasteiger partial charge in [-0.25, -0.2) is 4.98 Å². The number of hydrogen-bond acceptors (Lipinski definition) is 3.